The van der Waals surface area contributed by atoms with Crippen LogP contribution in [0.15, 0.2) is 12.3 Å². The maximum absolute atomic E-state index is 9.11. The summed E-state index contributed by atoms with van der Waals surface area (Å²) in [5, 5.41) is 16.6. The Morgan fingerprint density at radius 2 is 2.29 bits per heavy atom. The third kappa shape index (κ3) is 4.20. The summed E-state index contributed by atoms with van der Waals surface area (Å²) in [7, 11) is 0. The van der Waals surface area contributed by atoms with Gasteiger partial charge in [0.2, 0.25) is 0 Å². The number of nitrogens with zero attached hydrogens (tertiary/aromatic N) is 3. The summed E-state index contributed by atoms with van der Waals surface area (Å²) < 4.78 is 2.01. The Bertz CT molecular complexity index is 377. The average molecular weight is 234 g/mol. The molecule has 1 aromatic rings. The first-order valence-corrected chi connectivity index (χ1v) is 6.26. The van der Waals surface area contributed by atoms with E-state index in [1.165, 1.54) is 5.69 Å². The fourth-order valence-electron chi connectivity index (χ4n) is 1.95. The van der Waals surface area contributed by atoms with Crippen molar-refractivity contribution in [1.29, 1.82) is 5.26 Å². The second kappa shape index (κ2) is 6.41. The summed E-state index contributed by atoms with van der Waals surface area (Å²) in [5.41, 5.74) is 0.813. The molecule has 0 fully saturated rings. The predicted octanol–water partition coefficient (Wildman–Crippen LogP) is 2.25. The van der Waals surface area contributed by atoms with Gasteiger partial charge in [-0.3, -0.25) is 10.00 Å². The van der Waals surface area contributed by atoms with Gasteiger partial charge in [0.05, 0.1) is 6.07 Å². The molecule has 0 aromatic carbocycles. The highest BCUT2D eigenvalue weighted by Crippen LogP contribution is 2.13. The third-order valence-electron chi connectivity index (χ3n) is 3.04. The van der Waals surface area contributed by atoms with E-state index in [0.717, 1.165) is 32.4 Å². The van der Waals surface area contributed by atoms with Crippen LogP contribution >= 0.6 is 0 Å². The van der Waals surface area contributed by atoms with Crippen molar-refractivity contribution in [2.45, 2.75) is 52.1 Å². The summed E-state index contributed by atoms with van der Waals surface area (Å²) in [5.74, 6) is 0. The standard InChI is InChI=1S/C13H22N4/c1-4-15-13(3,11-14)8-5-6-10-17-12(2)7-9-16-17/h7,9,15H,4-6,8,10H2,1-3H3. The molecule has 1 atom stereocenters. The quantitative estimate of drug-likeness (QED) is 0.736. The highest BCUT2D eigenvalue weighted by atomic mass is 15.3. The van der Waals surface area contributed by atoms with Crippen LogP contribution in [0.3, 0.4) is 0 Å². The molecule has 0 aliphatic carbocycles. The molecule has 0 bridgehead atoms. The number of unbranched alkanes of at least 4 members (excludes halogenated alkanes) is 1. The zero-order chi connectivity index (χ0) is 12.7. The van der Waals surface area contributed by atoms with Gasteiger partial charge in [-0.2, -0.15) is 10.4 Å². The number of rotatable bonds is 7. The molecule has 0 radical (unpaired) electrons. The van der Waals surface area contributed by atoms with Crippen molar-refractivity contribution >= 4 is 0 Å². The van der Waals surface area contributed by atoms with Gasteiger partial charge in [-0.15, -0.1) is 0 Å². The van der Waals surface area contributed by atoms with E-state index < -0.39 is 0 Å². The number of nitriles is 1. The van der Waals surface area contributed by atoms with Crippen molar-refractivity contribution in [2.24, 2.45) is 0 Å². The van der Waals surface area contributed by atoms with Crippen molar-refractivity contribution in [1.82, 2.24) is 15.1 Å². The monoisotopic (exact) mass is 234 g/mol. The number of aryl methyl sites for hydroxylation is 2. The van der Waals surface area contributed by atoms with E-state index in [1.54, 1.807) is 0 Å². The van der Waals surface area contributed by atoms with Crippen LogP contribution < -0.4 is 5.32 Å². The highest BCUT2D eigenvalue weighted by Gasteiger charge is 2.21. The lowest BCUT2D eigenvalue weighted by Gasteiger charge is -2.22. The van der Waals surface area contributed by atoms with Crippen LogP contribution in [-0.4, -0.2) is 21.9 Å². The first kappa shape index (κ1) is 13.7. The van der Waals surface area contributed by atoms with Crippen molar-refractivity contribution < 1.29 is 0 Å². The number of nitrogens with one attached hydrogen (secondary N) is 1. The molecule has 0 aliphatic heterocycles. The van der Waals surface area contributed by atoms with Gasteiger partial charge in [-0.25, -0.2) is 0 Å². The maximum Gasteiger partial charge on any atom is 0.103 e. The van der Waals surface area contributed by atoms with Crippen LogP contribution in [0.1, 0.15) is 38.8 Å². The van der Waals surface area contributed by atoms with Crippen molar-refractivity contribution in [3.8, 4) is 6.07 Å². The van der Waals surface area contributed by atoms with E-state index in [4.69, 9.17) is 5.26 Å². The van der Waals surface area contributed by atoms with E-state index in [-0.39, 0.29) is 5.54 Å². The Morgan fingerprint density at radius 1 is 1.53 bits per heavy atom. The van der Waals surface area contributed by atoms with E-state index in [9.17, 15) is 0 Å². The number of hydrogen-bond donors (Lipinski definition) is 1. The lowest BCUT2D eigenvalue weighted by molar-refractivity contribution is 0.400. The van der Waals surface area contributed by atoms with Gasteiger partial charge in [0.25, 0.3) is 0 Å². The Hall–Kier alpha value is -1.34. The van der Waals surface area contributed by atoms with Crippen LogP contribution in [0, 0.1) is 18.3 Å². The molecule has 0 spiro atoms. The normalized spacial score (nSPS) is 14.2. The molecule has 0 saturated heterocycles. The first-order chi connectivity index (χ1) is 8.11. The van der Waals surface area contributed by atoms with Crippen LogP contribution in [0.5, 0.6) is 0 Å². The molecule has 0 aliphatic rings. The van der Waals surface area contributed by atoms with Crippen LogP contribution in [0.4, 0.5) is 0 Å². The minimum absolute atomic E-state index is 0.381. The van der Waals surface area contributed by atoms with Crippen LogP contribution in [0.2, 0.25) is 0 Å². The van der Waals surface area contributed by atoms with E-state index in [2.05, 4.69) is 23.4 Å². The fourth-order valence-corrected chi connectivity index (χ4v) is 1.95. The average Bonchev–Trinajstić information content (AvgIpc) is 2.71. The fraction of sp³-hybridized carbons (Fsp3) is 0.692. The Labute approximate surface area is 104 Å². The SMILES string of the molecule is CCNC(C)(C#N)CCCCn1nccc1C. The highest BCUT2D eigenvalue weighted by molar-refractivity contribution is 5.03. The molecule has 17 heavy (non-hydrogen) atoms. The topological polar surface area (TPSA) is 53.6 Å². The number of hydrogen-bond acceptors (Lipinski definition) is 3. The third-order valence-corrected chi connectivity index (χ3v) is 3.04. The molecule has 0 saturated carbocycles. The minimum Gasteiger partial charge on any atom is -0.300 e. The zero-order valence-electron chi connectivity index (χ0n) is 11.0. The van der Waals surface area contributed by atoms with Crippen molar-refractivity contribution in [3.63, 3.8) is 0 Å². The summed E-state index contributed by atoms with van der Waals surface area (Å²) >= 11 is 0. The van der Waals surface area contributed by atoms with Gasteiger partial charge in [0, 0.05) is 18.4 Å². The van der Waals surface area contributed by atoms with Gasteiger partial charge in [-0.1, -0.05) is 6.92 Å². The molecule has 1 unspecified atom stereocenters. The Kier molecular flexibility index (Phi) is 5.17. The second-order valence-corrected chi connectivity index (χ2v) is 4.63. The summed E-state index contributed by atoms with van der Waals surface area (Å²) in [6.45, 7) is 7.83. The Morgan fingerprint density at radius 3 is 2.82 bits per heavy atom. The molecule has 1 N–H and O–H groups in total. The summed E-state index contributed by atoms with van der Waals surface area (Å²) in [6.07, 6.45) is 4.81. The number of aromatic nitrogens is 2. The zero-order valence-corrected chi connectivity index (χ0v) is 11.0. The van der Waals surface area contributed by atoms with E-state index >= 15 is 0 Å². The van der Waals surface area contributed by atoms with Gasteiger partial charge < -0.3 is 0 Å². The smallest absolute Gasteiger partial charge is 0.103 e. The molecule has 0 amide bonds. The first-order valence-electron chi connectivity index (χ1n) is 6.26. The Balaban J connectivity index is 2.29. The lowest BCUT2D eigenvalue weighted by Crippen LogP contribution is -2.40. The van der Waals surface area contributed by atoms with Crippen molar-refractivity contribution in [2.75, 3.05) is 6.54 Å². The van der Waals surface area contributed by atoms with E-state index in [1.807, 2.05) is 30.8 Å². The van der Waals surface area contributed by atoms with Gasteiger partial charge in [0.15, 0.2) is 0 Å². The van der Waals surface area contributed by atoms with Gasteiger partial charge in [-0.05, 0) is 45.7 Å². The molecule has 4 heteroatoms. The van der Waals surface area contributed by atoms with Crippen LogP contribution in [0.25, 0.3) is 0 Å². The van der Waals surface area contributed by atoms with Gasteiger partial charge >= 0.3 is 0 Å². The molecular weight excluding hydrogens is 212 g/mol. The molecule has 1 heterocycles. The van der Waals surface area contributed by atoms with Gasteiger partial charge in [0.1, 0.15) is 5.54 Å². The van der Waals surface area contributed by atoms with Crippen molar-refractivity contribution in [3.05, 3.63) is 18.0 Å². The molecule has 1 aromatic heterocycles. The maximum atomic E-state index is 9.11. The predicted molar refractivity (Wildman–Crippen MR) is 68.5 cm³/mol. The molecule has 1 rings (SSSR count). The minimum atomic E-state index is -0.381. The molecular formula is C13H22N4. The van der Waals surface area contributed by atoms with Crippen LogP contribution in [-0.2, 0) is 6.54 Å². The summed E-state index contributed by atoms with van der Waals surface area (Å²) in [6, 6.07) is 4.36. The van der Waals surface area contributed by atoms with E-state index in [0.29, 0.717) is 0 Å². The molecule has 4 nitrogen and oxygen atoms in total. The molecule has 94 valence electrons. The lowest BCUT2D eigenvalue weighted by atomic mass is 9.96. The second-order valence-electron chi connectivity index (χ2n) is 4.63. The largest absolute Gasteiger partial charge is 0.300 e. The summed E-state index contributed by atoms with van der Waals surface area (Å²) in [4.78, 5) is 0.